The van der Waals surface area contributed by atoms with Gasteiger partial charge in [-0.3, -0.25) is 14.4 Å². The van der Waals surface area contributed by atoms with Gasteiger partial charge in [0.2, 0.25) is 5.91 Å². The summed E-state index contributed by atoms with van der Waals surface area (Å²) in [5, 5.41) is 3.11. The first-order chi connectivity index (χ1) is 20.9. The summed E-state index contributed by atoms with van der Waals surface area (Å²) < 4.78 is 0. The maximum Gasteiger partial charge on any atom is 0.238 e. The third-order valence-electron chi connectivity index (χ3n) is 9.52. The van der Waals surface area contributed by atoms with Crippen LogP contribution in [0.25, 0.3) is 5.57 Å². The van der Waals surface area contributed by atoms with Gasteiger partial charge in [0.1, 0.15) is 11.5 Å². The predicted molar refractivity (Wildman–Crippen MR) is 171 cm³/mol. The molecule has 4 aromatic carbocycles. The third kappa shape index (κ3) is 3.94. The van der Waals surface area contributed by atoms with Crippen LogP contribution in [-0.4, -0.2) is 29.6 Å². The number of fused-ring (bicyclic) bond motifs is 6. The average molecular weight is 567 g/mol. The van der Waals surface area contributed by atoms with E-state index in [1.165, 1.54) is 0 Å². The lowest BCUT2D eigenvalue weighted by atomic mass is 9.64. The molecule has 1 saturated heterocycles. The number of carbonyl (C=O) groups excluding carboxylic acids is 3. The second kappa shape index (κ2) is 10.2. The molecule has 1 fully saturated rings. The van der Waals surface area contributed by atoms with Crippen LogP contribution in [0.5, 0.6) is 0 Å². The standard InChI is InChI=1S/C38H34N2O3/c1-4-10-25-16-18-27(19-17-25)35(41)33-34(36(42)26-11-6-5-7-12-26)40-31-20-15-23(2)21-28(31)24(3)22-32(40)38(33)29-13-8-9-14-30(29)39-37(38)43/h5-9,11-22,32-34H,4,10H2,1-3H3,(H,39,43)/t32-,33+,34+,38-/m1/s1. The largest absolute Gasteiger partial charge is 0.352 e. The molecule has 0 aliphatic carbocycles. The molecule has 4 aromatic rings. The number of benzene rings is 4. The van der Waals surface area contributed by atoms with E-state index in [-0.39, 0.29) is 17.5 Å². The summed E-state index contributed by atoms with van der Waals surface area (Å²) in [6.45, 7) is 6.23. The van der Waals surface area contributed by atoms with E-state index in [9.17, 15) is 14.4 Å². The van der Waals surface area contributed by atoms with Gasteiger partial charge in [0.25, 0.3) is 0 Å². The summed E-state index contributed by atoms with van der Waals surface area (Å²) in [5.74, 6) is -1.58. The average Bonchev–Trinajstić information content (AvgIpc) is 3.49. The monoisotopic (exact) mass is 566 g/mol. The molecule has 1 amide bonds. The van der Waals surface area contributed by atoms with Gasteiger partial charge in [0.05, 0.1) is 12.0 Å². The number of nitrogens with zero attached hydrogens (tertiary/aromatic N) is 1. The van der Waals surface area contributed by atoms with Crippen molar-refractivity contribution in [1.82, 2.24) is 0 Å². The highest BCUT2D eigenvalue weighted by Crippen LogP contribution is 2.58. The molecule has 5 nitrogen and oxygen atoms in total. The van der Waals surface area contributed by atoms with Crippen LogP contribution in [0.4, 0.5) is 11.4 Å². The smallest absolute Gasteiger partial charge is 0.238 e. The molecular weight excluding hydrogens is 532 g/mol. The molecule has 0 saturated carbocycles. The highest BCUT2D eigenvalue weighted by Gasteiger charge is 2.70. The molecule has 3 heterocycles. The van der Waals surface area contributed by atoms with E-state index in [0.717, 1.165) is 46.4 Å². The van der Waals surface area contributed by atoms with Gasteiger partial charge in [-0.25, -0.2) is 0 Å². The summed E-state index contributed by atoms with van der Waals surface area (Å²) >= 11 is 0. The van der Waals surface area contributed by atoms with Crippen molar-refractivity contribution in [3.8, 4) is 0 Å². The molecule has 3 aliphatic heterocycles. The molecule has 3 aliphatic rings. The number of para-hydroxylation sites is 1. The zero-order chi connectivity index (χ0) is 29.9. The van der Waals surface area contributed by atoms with Crippen LogP contribution < -0.4 is 10.2 Å². The minimum Gasteiger partial charge on any atom is -0.352 e. The van der Waals surface area contributed by atoms with E-state index in [4.69, 9.17) is 0 Å². The quantitative estimate of drug-likeness (QED) is 0.251. The molecule has 0 radical (unpaired) electrons. The molecule has 0 aromatic heterocycles. The normalized spacial score (nSPS) is 23.3. The summed E-state index contributed by atoms with van der Waals surface area (Å²) in [6.07, 6.45) is 4.03. The zero-order valence-corrected chi connectivity index (χ0v) is 24.6. The second-order valence-electron chi connectivity index (χ2n) is 12.1. The Bertz CT molecular complexity index is 1810. The second-order valence-corrected chi connectivity index (χ2v) is 12.1. The Morgan fingerprint density at radius 2 is 1.53 bits per heavy atom. The lowest BCUT2D eigenvalue weighted by Gasteiger charge is -2.39. The number of rotatable bonds is 6. The molecule has 5 heteroatoms. The molecule has 0 unspecified atom stereocenters. The summed E-state index contributed by atoms with van der Waals surface area (Å²) in [4.78, 5) is 46.4. The molecule has 1 spiro atoms. The molecule has 0 bridgehead atoms. The summed E-state index contributed by atoms with van der Waals surface area (Å²) in [7, 11) is 0. The Hall–Kier alpha value is -4.77. The highest BCUT2D eigenvalue weighted by atomic mass is 16.2. The van der Waals surface area contributed by atoms with E-state index >= 15 is 0 Å². The number of ketones is 2. The zero-order valence-electron chi connectivity index (χ0n) is 24.6. The summed E-state index contributed by atoms with van der Waals surface area (Å²) in [5.41, 5.74) is 6.35. The number of carbonyl (C=O) groups is 3. The van der Waals surface area contributed by atoms with E-state index in [0.29, 0.717) is 16.8 Å². The Labute approximate surface area is 252 Å². The van der Waals surface area contributed by atoms with E-state index in [1.54, 1.807) is 12.1 Å². The number of Topliss-reactive ketones (excluding diaryl/α,β-unsaturated/α-hetero) is 2. The van der Waals surface area contributed by atoms with Crippen LogP contribution in [-0.2, 0) is 16.6 Å². The number of hydrogen-bond donors (Lipinski definition) is 1. The van der Waals surface area contributed by atoms with Crippen molar-refractivity contribution in [1.29, 1.82) is 0 Å². The number of allylic oxidation sites excluding steroid dienone is 1. The highest BCUT2D eigenvalue weighted by molar-refractivity contribution is 6.18. The van der Waals surface area contributed by atoms with E-state index in [1.807, 2.05) is 85.8 Å². The van der Waals surface area contributed by atoms with Crippen molar-refractivity contribution >= 4 is 34.4 Å². The number of hydrogen-bond acceptors (Lipinski definition) is 4. The fourth-order valence-electron chi connectivity index (χ4n) is 7.62. The van der Waals surface area contributed by atoms with E-state index < -0.39 is 23.4 Å². The molecule has 7 rings (SSSR count). The van der Waals surface area contributed by atoms with Crippen LogP contribution in [0.3, 0.4) is 0 Å². The number of nitrogens with one attached hydrogen (secondary N) is 1. The Kier molecular flexibility index (Phi) is 6.42. The van der Waals surface area contributed by atoms with Gasteiger partial charge in [-0.15, -0.1) is 0 Å². The van der Waals surface area contributed by atoms with E-state index in [2.05, 4.69) is 36.2 Å². The lowest BCUT2D eigenvalue weighted by Crippen LogP contribution is -2.51. The van der Waals surface area contributed by atoms with Gasteiger partial charge in [-0.2, -0.15) is 0 Å². The van der Waals surface area contributed by atoms with Crippen LogP contribution in [0.15, 0.2) is 103 Å². The van der Waals surface area contributed by atoms with Crippen molar-refractivity contribution in [2.75, 3.05) is 10.2 Å². The Morgan fingerprint density at radius 3 is 2.28 bits per heavy atom. The first kappa shape index (κ1) is 27.1. The maximum absolute atomic E-state index is 15.0. The van der Waals surface area contributed by atoms with Crippen molar-refractivity contribution < 1.29 is 14.4 Å². The molecule has 43 heavy (non-hydrogen) atoms. The first-order valence-corrected chi connectivity index (χ1v) is 15.1. The van der Waals surface area contributed by atoms with Gasteiger partial charge in [-0.05, 0) is 55.2 Å². The van der Waals surface area contributed by atoms with Crippen molar-refractivity contribution in [2.24, 2.45) is 5.92 Å². The van der Waals surface area contributed by atoms with Crippen LogP contribution in [0.2, 0.25) is 0 Å². The Morgan fingerprint density at radius 1 is 0.837 bits per heavy atom. The number of anilines is 2. The number of amides is 1. The van der Waals surface area contributed by atoms with Crippen LogP contribution in [0, 0.1) is 12.8 Å². The van der Waals surface area contributed by atoms with Crippen molar-refractivity contribution in [3.63, 3.8) is 0 Å². The van der Waals surface area contributed by atoms with Crippen molar-refractivity contribution in [2.45, 2.75) is 51.1 Å². The van der Waals surface area contributed by atoms with Crippen LogP contribution in [0.1, 0.15) is 63.2 Å². The third-order valence-corrected chi connectivity index (χ3v) is 9.52. The molecule has 1 N–H and O–H groups in total. The van der Waals surface area contributed by atoms with Gasteiger partial charge in [0, 0.05) is 28.1 Å². The molecule has 4 atom stereocenters. The minimum atomic E-state index is -1.31. The van der Waals surface area contributed by atoms with Gasteiger partial charge >= 0.3 is 0 Å². The first-order valence-electron chi connectivity index (χ1n) is 15.1. The van der Waals surface area contributed by atoms with Gasteiger partial charge in [0.15, 0.2) is 11.6 Å². The predicted octanol–water partition coefficient (Wildman–Crippen LogP) is 7.19. The fourth-order valence-corrected chi connectivity index (χ4v) is 7.62. The van der Waals surface area contributed by atoms with Gasteiger partial charge in [-0.1, -0.05) is 104 Å². The minimum absolute atomic E-state index is 0.167. The Balaban J connectivity index is 1.52. The maximum atomic E-state index is 15.0. The number of aryl methyl sites for hydroxylation is 2. The SMILES string of the molecule is CCCc1ccc(C(=O)[C@@H]2[C@@H](C(=O)c3ccccc3)N3c4ccc(C)cc4C(C)=C[C@@H]3[C@@]23C(=O)Nc2ccccc23)cc1. The van der Waals surface area contributed by atoms with Crippen molar-refractivity contribution in [3.05, 3.63) is 137 Å². The topological polar surface area (TPSA) is 66.5 Å². The van der Waals surface area contributed by atoms with Crippen LogP contribution >= 0.6 is 0 Å². The molecular formula is C38H34N2O3. The van der Waals surface area contributed by atoms with Gasteiger partial charge < -0.3 is 10.2 Å². The summed E-state index contributed by atoms with van der Waals surface area (Å²) in [6, 6.07) is 29.2. The molecule has 214 valence electrons. The lowest BCUT2D eigenvalue weighted by molar-refractivity contribution is -0.121. The fraction of sp³-hybridized carbons (Fsp3) is 0.237.